The lowest BCUT2D eigenvalue weighted by Crippen LogP contribution is -2.45. The quantitative estimate of drug-likeness (QED) is 0.846. The monoisotopic (exact) mass is 360 g/mol. The summed E-state index contributed by atoms with van der Waals surface area (Å²) in [5.74, 6) is 0.284. The molecule has 0 saturated heterocycles. The van der Waals surface area contributed by atoms with Crippen molar-refractivity contribution < 1.29 is 9.59 Å². The van der Waals surface area contributed by atoms with Gasteiger partial charge >= 0.3 is 0 Å². The highest BCUT2D eigenvalue weighted by Crippen LogP contribution is 2.21. The summed E-state index contributed by atoms with van der Waals surface area (Å²) in [6.07, 6.45) is 0.959. The van der Waals surface area contributed by atoms with E-state index in [1.807, 2.05) is 6.07 Å². The van der Waals surface area contributed by atoms with Gasteiger partial charge in [0.15, 0.2) is 0 Å². The van der Waals surface area contributed by atoms with Crippen LogP contribution in [-0.4, -0.2) is 36.3 Å². The van der Waals surface area contributed by atoms with E-state index in [1.54, 1.807) is 24.9 Å². The van der Waals surface area contributed by atoms with Crippen molar-refractivity contribution in [3.63, 3.8) is 0 Å². The Morgan fingerprint density at radius 1 is 1.35 bits per heavy atom. The van der Waals surface area contributed by atoms with Crippen molar-refractivity contribution in [3.8, 4) is 0 Å². The highest BCUT2D eigenvalue weighted by Gasteiger charge is 2.20. The SMILES string of the molecule is CC(C)CCN(C)C(=O)C(C)NC(=O)c1ccc(Br)s1. The molecule has 1 heterocycles. The number of thiophene rings is 1. The minimum Gasteiger partial charge on any atom is -0.344 e. The topological polar surface area (TPSA) is 49.4 Å². The van der Waals surface area contributed by atoms with Crippen molar-refractivity contribution in [1.29, 1.82) is 0 Å². The number of likely N-dealkylation sites (N-methyl/N-ethyl adjacent to an activating group) is 1. The van der Waals surface area contributed by atoms with Crippen LogP contribution in [0.3, 0.4) is 0 Å². The Kier molecular flexibility index (Phi) is 6.68. The van der Waals surface area contributed by atoms with E-state index in [2.05, 4.69) is 35.1 Å². The van der Waals surface area contributed by atoms with Gasteiger partial charge in [-0.3, -0.25) is 9.59 Å². The smallest absolute Gasteiger partial charge is 0.262 e. The Morgan fingerprint density at radius 2 is 2.00 bits per heavy atom. The third-order valence-corrected chi connectivity index (χ3v) is 4.56. The molecule has 0 aliphatic rings. The number of nitrogens with zero attached hydrogens (tertiary/aromatic N) is 1. The summed E-state index contributed by atoms with van der Waals surface area (Å²) in [5, 5.41) is 2.74. The standard InChI is InChI=1S/C14H21BrN2O2S/c1-9(2)7-8-17(4)14(19)10(3)16-13(18)11-5-6-12(15)20-11/h5-6,9-10H,7-8H2,1-4H3,(H,16,18). The summed E-state index contributed by atoms with van der Waals surface area (Å²) in [7, 11) is 1.77. The fourth-order valence-electron chi connectivity index (χ4n) is 1.66. The maximum Gasteiger partial charge on any atom is 0.262 e. The zero-order chi connectivity index (χ0) is 15.3. The summed E-state index contributed by atoms with van der Waals surface area (Å²) in [6, 6.07) is 3.05. The molecule has 0 fully saturated rings. The van der Waals surface area contributed by atoms with E-state index in [0.717, 1.165) is 10.2 Å². The number of nitrogens with one attached hydrogen (secondary N) is 1. The molecular weight excluding hydrogens is 340 g/mol. The summed E-state index contributed by atoms with van der Waals surface area (Å²) in [5.41, 5.74) is 0. The van der Waals surface area contributed by atoms with Crippen molar-refractivity contribution in [2.45, 2.75) is 33.2 Å². The number of hydrogen-bond donors (Lipinski definition) is 1. The largest absolute Gasteiger partial charge is 0.344 e. The first kappa shape index (κ1) is 17.2. The molecule has 1 unspecified atom stereocenters. The van der Waals surface area contributed by atoms with Crippen LogP contribution in [0.25, 0.3) is 0 Å². The molecule has 1 atom stereocenters. The zero-order valence-electron chi connectivity index (χ0n) is 12.3. The molecule has 6 heteroatoms. The van der Waals surface area contributed by atoms with E-state index in [4.69, 9.17) is 0 Å². The Balaban J connectivity index is 2.50. The number of carbonyl (C=O) groups excluding carboxylic acids is 2. The number of rotatable bonds is 6. The van der Waals surface area contributed by atoms with Crippen molar-refractivity contribution in [2.75, 3.05) is 13.6 Å². The van der Waals surface area contributed by atoms with Crippen molar-refractivity contribution in [3.05, 3.63) is 20.8 Å². The van der Waals surface area contributed by atoms with Crippen LogP contribution in [0.15, 0.2) is 15.9 Å². The first-order valence-electron chi connectivity index (χ1n) is 6.62. The maximum absolute atomic E-state index is 12.1. The van der Waals surface area contributed by atoms with Crippen LogP contribution in [-0.2, 0) is 4.79 Å². The Labute approximate surface area is 132 Å². The molecule has 0 spiro atoms. The summed E-state index contributed by atoms with van der Waals surface area (Å²) >= 11 is 4.67. The van der Waals surface area contributed by atoms with Gasteiger partial charge in [0.1, 0.15) is 6.04 Å². The molecule has 0 aromatic carbocycles. The van der Waals surface area contributed by atoms with Gasteiger partial charge in [-0.15, -0.1) is 11.3 Å². The lowest BCUT2D eigenvalue weighted by molar-refractivity contribution is -0.131. The first-order chi connectivity index (χ1) is 9.31. The average molecular weight is 361 g/mol. The van der Waals surface area contributed by atoms with E-state index in [-0.39, 0.29) is 11.8 Å². The average Bonchev–Trinajstić information content (AvgIpc) is 2.81. The molecule has 1 aromatic heterocycles. The Bertz CT molecular complexity index is 473. The minimum atomic E-state index is -0.513. The molecule has 2 amide bonds. The maximum atomic E-state index is 12.1. The molecule has 0 aliphatic heterocycles. The van der Waals surface area contributed by atoms with Gasteiger partial charge < -0.3 is 10.2 Å². The normalized spacial score (nSPS) is 12.3. The molecule has 0 radical (unpaired) electrons. The highest BCUT2D eigenvalue weighted by molar-refractivity contribution is 9.11. The van der Waals surface area contributed by atoms with Crippen LogP contribution in [0.2, 0.25) is 0 Å². The number of halogens is 1. The number of carbonyl (C=O) groups is 2. The Hall–Kier alpha value is -0.880. The molecule has 1 rings (SSSR count). The summed E-state index contributed by atoms with van der Waals surface area (Å²) in [4.78, 5) is 26.4. The lowest BCUT2D eigenvalue weighted by Gasteiger charge is -2.22. The van der Waals surface area contributed by atoms with Gasteiger partial charge in [0.2, 0.25) is 5.91 Å². The van der Waals surface area contributed by atoms with Gasteiger partial charge in [-0.25, -0.2) is 0 Å². The van der Waals surface area contributed by atoms with Crippen LogP contribution in [0.5, 0.6) is 0 Å². The van der Waals surface area contributed by atoms with Gasteiger partial charge in [-0.1, -0.05) is 13.8 Å². The molecule has 20 heavy (non-hydrogen) atoms. The van der Waals surface area contributed by atoms with E-state index in [0.29, 0.717) is 17.3 Å². The highest BCUT2D eigenvalue weighted by atomic mass is 79.9. The Morgan fingerprint density at radius 3 is 2.50 bits per heavy atom. The second-order valence-electron chi connectivity index (χ2n) is 5.24. The molecule has 112 valence electrons. The summed E-state index contributed by atoms with van der Waals surface area (Å²) in [6.45, 7) is 6.67. The van der Waals surface area contributed by atoms with Gasteiger partial charge in [-0.2, -0.15) is 0 Å². The van der Waals surface area contributed by atoms with Crippen LogP contribution in [0.1, 0.15) is 36.9 Å². The molecule has 4 nitrogen and oxygen atoms in total. The predicted octanol–water partition coefficient (Wildman–Crippen LogP) is 3.13. The van der Waals surface area contributed by atoms with Gasteiger partial charge in [0.05, 0.1) is 8.66 Å². The van der Waals surface area contributed by atoms with Crippen LogP contribution >= 0.6 is 27.3 Å². The van der Waals surface area contributed by atoms with E-state index in [1.165, 1.54) is 11.3 Å². The van der Waals surface area contributed by atoms with Gasteiger partial charge in [0, 0.05) is 13.6 Å². The third kappa shape index (κ3) is 5.25. The minimum absolute atomic E-state index is 0.0605. The molecule has 0 saturated carbocycles. The fraction of sp³-hybridized carbons (Fsp3) is 0.571. The lowest BCUT2D eigenvalue weighted by atomic mass is 10.1. The van der Waals surface area contributed by atoms with Crippen molar-refractivity contribution in [2.24, 2.45) is 5.92 Å². The first-order valence-corrected chi connectivity index (χ1v) is 8.23. The molecule has 1 N–H and O–H groups in total. The molecular formula is C14H21BrN2O2S. The third-order valence-electron chi connectivity index (χ3n) is 2.93. The molecule has 0 aliphatic carbocycles. The van der Waals surface area contributed by atoms with E-state index < -0.39 is 6.04 Å². The van der Waals surface area contributed by atoms with Crippen molar-refractivity contribution in [1.82, 2.24) is 10.2 Å². The van der Waals surface area contributed by atoms with Crippen LogP contribution < -0.4 is 5.32 Å². The van der Waals surface area contributed by atoms with E-state index in [9.17, 15) is 9.59 Å². The number of hydrogen-bond acceptors (Lipinski definition) is 3. The second kappa shape index (κ2) is 7.78. The second-order valence-corrected chi connectivity index (χ2v) is 7.70. The van der Waals surface area contributed by atoms with E-state index >= 15 is 0 Å². The van der Waals surface area contributed by atoms with Crippen LogP contribution in [0, 0.1) is 5.92 Å². The van der Waals surface area contributed by atoms with Gasteiger partial charge in [0.25, 0.3) is 5.91 Å². The zero-order valence-corrected chi connectivity index (χ0v) is 14.7. The molecule has 0 bridgehead atoms. The fourth-order valence-corrected chi connectivity index (χ4v) is 2.95. The van der Waals surface area contributed by atoms with Crippen LogP contribution in [0.4, 0.5) is 0 Å². The van der Waals surface area contributed by atoms with Gasteiger partial charge in [-0.05, 0) is 47.3 Å². The molecule has 1 aromatic rings. The number of amides is 2. The van der Waals surface area contributed by atoms with Crippen molar-refractivity contribution >= 4 is 39.1 Å². The predicted molar refractivity (Wildman–Crippen MR) is 86.0 cm³/mol. The summed E-state index contributed by atoms with van der Waals surface area (Å²) < 4.78 is 0.899.